The first-order chi connectivity index (χ1) is 7.20. The molecule has 0 aromatic heterocycles. The molecule has 0 saturated carbocycles. The highest BCUT2D eigenvalue weighted by molar-refractivity contribution is 8.00. The van der Waals surface area contributed by atoms with Gasteiger partial charge in [-0.05, 0) is 27.2 Å². The zero-order chi connectivity index (χ0) is 12.4. The summed E-state index contributed by atoms with van der Waals surface area (Å²) in [5.41, 5.74) is -0.147. The van der Waals surface area contributed by atoms with Gasteiger partial charge < -0.3 is 10.2 Å². The molecule has 94 valence electrons. The number of hydrogen-bond acceptors (Lipinski definition) is 2. The maximum absolute atomic E-state index is 12.0. The number of urea groups is 1. The molecule has 3 nitrogen and oxygen atoms in total. The van der Waals surface area contributed by atoms with Gasteiger partial charge in [-0.3, -0.25) is 0 Å². The van der Waals surface area contributed by atoms with Crippen molar-refractivity contribution in [1.29, 1.82) is 0 Å². The van der Waals surface area contributed by atoms with E-state index in [9.17, 15) is 4.79 Å². The molecule has 0 spiro atoms. The Morgan fingerprint density at radius 1 is 1.31 bits per heavy atom. The van der Waals surface area contributed by atoms with Crippen molar-refractivity contribution in [1.82, 2.24) is 10.2 Å². The number of nitrogens with zero attached hydrogens (tertiary/aromatic N) is 1. The monoisotopic (exact) mass is 244 g/mol. The quantitative estimate of drug-likeness (QED) is 0.710. The second-order valence-electron chi connectivity index (χ2n) is 6.03. The average Bonchev–Trinajstić information content (AvgIpc) is 2.23. The van der Waals surface area contributed by atoms with E-state index in [2.05, 4.69) is 19.2 Å². The van der Waals surface area contributed by atoms with Crippen molar-refractivity contribution in [3.05, 3.63) is 0 Å². The summed E-state index contributed by atoms with van der Waals surface area (Å²) in [6, 6.07) is 0.0748. The number of rotatable bonds is 0. The minimum atomic E-state index is -0.147. The van der Waals surface area contributed by atoms with Gasteiger partial charge in [0.2, 0.25) is 0 Å². The number of hydrogen-bond donors (Lipinski definition) is 1. The van der Waals surface area contributed by atoms with Crippen LogP contribution in [0.2, 0.25) is 0 Å². The number of thioether (sulfide) groups is 1. The van der Waals surface area contributed by atoms with Gasteiger partial charge >= 0.3 is 6.03 Å². The Bertz CT molecular complexity index is 258. The van der Waals surface area contributed by atoms with Crippen LogP contribution in [0.4, 0.5) is 4.79 Å². The van der Waals surface area contributed by atoms with E-state index < -0.39 is 0 Å². The van der Waals surface area contributed by atoms with Gasteiger partial charge in [-0.15, -0.1) is 0 Å². The van der Waals surface area contributed by atoms with E-state index in [4.69, 9.17) is 0 Å². The van der Waals surface area contributed by atoms with Gasteiger partial charge in [-0.2, -0.15) is 11.8 Å². The van der Waals surface area contributed by atoms with Crippen molar-refractivity contribution in [2.45, 2.75) is 51.3 Å². The Morgan fingerprint density at radius 3 is 2.50 bits per heavy atom. The van der Waals surface area contributed by atoms with Gasteiger partial charge in [0.1, 0.15) is 0 Å². The van der Waals surface area contributed by atoms with Crippen LogP contribution >= 0.6 is 11.8 Å². The highest BCUT2D eigenvalue weighted by atomic mass is 32.2. The van der Waals surface area contributed by atoms with Crippen LogP contribution in [0.15, 0.2) is 0 Å². The minimum Gasteiger partial charge on any atom is -0.333 e. The molecule has 16 heavy (non-hydrogen) atoms. The molecular formula is C12H24N2OS. The average molecular weight is 244 g/mol. The van der Waals surface area contributed by atoms with Gasteiger partial charge in [-0.1, -0.05) is 13.8 Å². The summed E-state index contributed by atoms with van der Waals surface area (Å²) in [7, 11) is 0. The van der Waals surface area contributed by atoms with Crippen LogP contribution in [0, 0.1) is 0 Å². The maximum atomic E-state index is 12.0. The first-order valence-corrected chi connectivity index (χ1v) is 6.89. The van der Waals surface area contributed by atoms with Gasteiger partial charge in [0.15, 0.2) is 0 Å². The van der Waals surface area contributed by atoms with E-state index in [1.807, 2.05) is 37.4 Å². The van der Waals surface area contributed by atoms with Crippen molar-refractivity contribution >= 4 is 17.8 Å². The van der Waals surface area contributed by atoms with Crippen LogP contribution in [0.1, 0.15) is 41.0 Å². The number of carbonyl (C=O) groups excluding carboxylic acids is 1. The predicted molar refractivity (Wildman–Crippen MR) is 71.0 cm³/mol. The fraction of sp³-hybridized carbons (Fsp3) is 0.917. The molecule has 1 aliphatic heterocycles. The van der Waals surface area contributed by atoms with Crippen LogP contribution in [0.5, 0.6) is 0 Å². The fourth-order valence-electron chi connectivity index (χ4n) is 1.62. The second kappa shape index (κ2) is 4.86. The topological polar surface area (TPSA) is 32.3 Å². The summed E-state index contributed by atoms with van der Waals surface area (Å²) in [5.74, 6) is 1.03. The van der Waals surface area contributed by atoms with E-state index in [0.717, 1.165) is 25.3 Å². The van der Waals surface area contributed by atoms with Gasteiger partial charge in [0.05, 0.1) is 0 Å². The maximum Gasteiger partial charge on any atom is 0.317 e. The van der Waals surface area contributed by atoms with E-state index >= 15 is 0 Å². The smallest absolute Gasteiger partial charge is 0.317 e. The largest absolute Gasteiger partial charge is 0.333 e. The number of amides is 2. The molecular weight excluding hydrogens is 220 g/mol. The molecule has 1 rings (SSSR count). The summed E-state index contributed by atoms with van der Waals surface area (Å²) in [5, 5.41) is 3.02. The van der Waals surface area contributed by atoms with Crippen LogP contribution in [-0.4, -0.2) is 40.1 Å². The Labute approximate surface area is 103 Å². The summed E-state index contributed by atoms with van der Waals surface area (Å²) < 4.78 is 0.302. The highest BCUT2D eigenvalue weighted by Gasteiger charge is 2.27. The molecule has 0 atom stereocenters. The van der Waals surface area contributed by atoms with Crippen molar-refractivity contribution in [2.24, 2.45) is 0 Å². The van der Waals surface area contributed by atoms with Crippen LogP contribution < -0.4 is 5.32 Å². The van der Waals surface area contributed by atoms with Gasteiger partial charge in [-0.25, -0.2) is 4.79 Å². The fourth-order valence-corrected chi connectivity index (χ4v) is 2.72. The van der Waals surface area contributed by atoms with E-state index in [1.165, 1.54) is 0 Å². The first-order valence-electron chi connectivity index (χ1n) is 5.91. The Morgan fingerprint density at radius 2 is 1.94 bits per heavy atom. The lowest BCUT2D eigenvalue weighted by molar-refractivity contribution is 0.191. The summed E-state index contributed by atoms with van der Waals surface area (Å²) in [6.07, 6.45) is 1.06. The van der Waals surface area contributed by atoms with Crippen molar-refractivity contribution < 1.29 is 4.79 Å². The zero-order valence-corrected chi connectivity index (χ0v) is 11.9. The van der Waals surface area contributed by atoms with E-state index in [1.54, 1.807) is 0 Å². The zero-order valence-electron chi connectivity index (χ0n) is 11.1. The van der Waals surface area contributed by atoms with Crippen molar-refractivity contribution in [2.75, 3.05) is 18.8 Å². The number of carbonyl (C=O) groups is 1. The normalized spacial score (nSPS) is 21.4. The van der Waals surface area contributed by atoms with E-state index in [-0.39, 0.29) is 11.6 Å². The van der Waals surface area contributed by atoms with Crippen LogP contribution in [0.3, 0.4) is 0 Å². The molecule has 0 radical (unpaired) electrons. The second-order valence-corrected chi connectivity index (χ2v) is 7.83. The lowest BCUT2D eigenvalue weighted by atomic mass is 10.1. The van der Waals surface area contributed by atoms with Crippen LogP contribution in [-0.2, 0) is 0 Å². The lowest BCUT2D eigenvalue weighted by Gasteiger charge is -2.27. The first kappa shape index (κ1) is 13.7. The predicted octanol–water partition coefficient (Wildman–Crippen LogP) is 2.71. The van der Waals surface area contributed by atoms with Crippen molar-refractivity contribution in [3.8, 4) is 0 Å². The Balaban J connectivity index is 2.52. The molecule has 1 saturated heterocycles. The molecule has 1 aliphatic rings. The standard InChI is InChI=1S/C12H24N2OS/c1-11(2,3)13-10(15)14-7-6-12(4,5)16-9-8-14/h6-9H2,1-5H3,(H,13,15). The molecule has 1 fully saturated rings. The third kappa shape index (κ3) is 4.64. The molecule has 1 N–H and O–H groups in total. The van der Waals surface area contributed by atoms with Crippen molar-refractivity contribution in [3.63, 3.8) is 0 Å². The third-order valence-electron chi connectivity index (χ3n) is 2.61. The Kier molecular flexibility index (Phi) is 4.16. The molecule has 4 heteroatoms. The minimum absolute atomic E-state index is 0.0748. The summed E-state index contributed by atoms with van der Waals surface area (Å²) in [6.45, 7) is 12.3. The molecule has 0 aromatic carbocycles. The highest BCUT2D eigenvalue weighted by Crippen LogP contribution is 2.30. The SMILES string of the molecule is CC(C)(C)NC(=O)N1CCSC(C)(C)CC1. The lowest BCUT2D eigenvalue weighted by Crippen LogP contribution is -2.49. The van der Waals surface area contributed by atoms with E-state index in [0.29, 0.717) is 4.75 Å². The molecule has 1 heterocycles. The summed E-state index contributed by atoms with van der Waals surface area (Å²) >= 11 is 1.96. The Hall–Kier alpha value is -0.380. The van der Waals surface area contributed by atoms with Crippen LogP contribution in [0.25, 0.3) is 0 Å². The molecule has 0 aromatic rings. The molecule has 0 bridgehead atoms. The van der Waals surface area contributed by atoms with Gasteiger partial charge in [0, 0.05) is 29.1 Å². The van der Waals surface area contributed by atoms with Gasteiger partial charge in [0.25, 0.3) is 0 Å². The number of nitrogens with one attached hydrogen (secondary N) is 1. The molecule has 2 amide bonds. The molecule has 0 aliphatic carbocycles. The summed E-state index contributed by atoms with van der Waals surface area (Å²) in [4.78, 5) is 13.9. The molecule has 0 unspecified atom stereocenters. The third-order valence-corrected chi connectivity index (χ3v) is 3.98.